The van der Waals surface area contributed by atoms with Crippen LogP contribution in [-0.4, -0.2) is 23.0 Å². The summed E-state index contributed by atoms with van der Waals surface area (Å²) in [7, 11) is 0. The molecule has 88 valence electrons. The minimum atomic E-state index is -1.20. The first-order chi connectivity index (χ1) is 7.51. The van der Waals surface area contributed by atoms with Crippen LogP contribution in [-0.2, 0) is 19.1 Å². The molecule has 16 heavy (non-hydrogen) atoms. The van der Waals surface area contributed by atoms with Crippen molar-refractivity contribution >= 4 is 17.9 Å². The molecule has 0 heterocycles. The van der Waals surface area contributed by atoms with Gasteiger partial charge in [-0.25, -0.2) is 14.4 Å². The zero-order valence-electron chi connectivity index (χ0n) is 9.23. The maximum absolute atomic E-state index is 11.1. The highest BCUT2D eigenvalue weighted by Gasteiger charge is 2.10. The molecule has 1 N–H and O–H groups in total. The van der Waals surface area contributed by atoms with Gasteiger partial charge in [0.2, 0.25) is 0 Å². The number of carbonyl (C=O) groups excluding carboxylic acids is 2. The molecule has 0 aromatic heterocycles. The van der Waals surface area contributed by atoms with Gasteiger partial charge in [-0.15, -0.1) is 0 Å². The first-order valence-electron chi connectivity index (χ1n) is 4.87. The number of aliphatic carboxylic acids is 1. The van der Waals surface area contributed by atoms with E-state index < -0.39 is 17.9 Å². The number of hydrogen-bond donors (Lipinski definition) is 1. The van der Waals surface area contributed by atoms with E-state index in [0.717, 1.165) is 12.2 Å². The number of hydrogen-bond acceptors (Lipinski definition) is 4. The van der Waals surface area contributed by atoms with Crippen molar-refractivity contribution in [1.82, 2.24) is 0 Å². The van der Waals surface area contributed by atoms with Gasteiger partial charge in [0, 0.05) is 17.7 Å². The van der Waals surface area contributed by atoms with Crippen LogP contribution in [0.25, 0.3) is 0 Å². The molecular weight excluding hydrogens is 212 g/mol. The number of rotatable bonds is 5. The van der Waals surface area contributed by atoms with Gasteiger partial charge in [-0.3, -0.25) is 0 Å². The van der Waals surface area contributed by atoms with E-state index in [4.69, 9.17) is 5.11 Å². The highest BCUT2D eigenvalue weighted by Crippen LogP contribution is 2.01. The highest BCUT2D eigenvalue weighted by atomic mass is 16.6. The van der Waals surface area contributed by atoms with Crippen LogP contribution in [0.4, 0.5) is 0 Å². The summed E-state index contributed by atoms with van der Waals surface area (Å²) >= 11 is 0. The van der Waals surface area contributed by atoms with Crippen molar-refractivity contribution in [1.29, 1.82) is 0 Å². The summed E-state index contributed by atoms with van der Waals surface area (Å²) in [5, 5.41) is 8.62. The fourth-order valence-electron chi connectivity index (χ4n) is 0.834. The van der Waals surface area contributed by atoms with E-state index in [1.165, 1.54) is 6.08 Å². The van der Waals surface area contributed by atoms with Crippen molar-refractivity contribution in [3.63, 3.8) is 0 Å². The lowest BCUT2D eigenvalue weighted by atomic mass is 10.2. The summed E-state index contributed by atoms with van der Waals surface area (Å²) in [5.74, 6) is -2.97. The zero-order chi connectivity index (χ0) is 12.6. The Balaban J connectivity index is 4.42. The second-order valence-corrected chi connectivity index (χ2v) is 2.88. The molecule has 0 radical (unpaired) electrons. The largest absolute Gasteiger partial charge is 0.478 e. The van der Waals surface area contributed by atoms with E-state index in [2.05, 4.69) is 4.74 Å². The minimum Gasteiger partial charge on any atom is -0.478 e. The number of carboxylic acids is 1. The average Bonchev–Trinajstić information content (AvgIpc) is 2.22. The predicted molar refractivity (Wildman–Crippen MR) is 56.5 cm³/mol. The number of esters is 2. The lowest BCUT2D eigenvalue weighted by molar-refractivity contribution is -0.152. The van der Waals surface area contributed by atoms with E-state index in [9.17, 15) is 14.4 Å². The Bertz CT molecular complexity index is 338. The maximum atomic E-state index is 11.1. The van der Waals surface area contributed by atoms with Gasteiger partial charge in [0.25, 0.3) is 0 Å². The average molecular weight is 226 g/mol. The SMILES string of the molecule is CCC=CC(=O)OC(=O)/C=C(/CC)C(=O)O. The quantitative estimate of drug-likeness (QED) is 0.436. The van der Waals surface area contributed by atoms with Crippen LogP contribution in [0, 0.1) is 0 Å². The fourth-order valence-corrected chi connectivity index (χ4v) is 0.834. The molecule has 5 heteroatoms. The third kappa shape index (κ3) is 5.74. The lowest BCUT2D eigenvalue weighted by Gasteiger charge is -1.97. The molecule has 0 aliphatic carbocycles. The van der Waals surface area contributed by atoms with Crippen molar-refractivity contribution in [3.05, 3.63) is 23.8 Å². The molecule has 0 atom stereocenters. The monoisotopic (exact) mass is 226 g/mol. The summed E-state index contributed by atoms with van der Waals surface area (Å²) in [6.45, 7) is 3.41. The maximum Gasteiger partial charge on any atom is 0.339 e. The zero-order valence-corrected chi connectivity index (χ0v) is 9.23. The van der Waals surface area contributed by atoms with Crippen LogP contribution in [0.1, 0.15) is 26.7 Å². The molecule has 0 bridgehead atoms. The first-order valence-corrected chi connectivity index (χ1v) is 4.87. The van der Waals surface area contributed by atoms with E-state index in [0.29, 0.717) is 6.42 Å². The van der Waals surface area contributed by atoms with Gasteiger partial charge in [0.1, 0.15) is 0 Å². The highest BCUT2D eigenvalue weighted by molar-refractivity contribution is 6.00. The summed E-state index contributed by atoms with van der Waals surface area (Å²) < 4.78 is 4.33. The Kier molecular flexibility index (Phi) is 6.51. The molecule has 0 aliphatic rings. The normalized spacial score (nSPS) is 11.5. The summed E-state index contributed by atoms with van der Waals surface area (Å²) in [4.78, 5) is 32.6. The van der Waals surface area contributed by atoms with Crippen LogP contribution in [0.5, 0.6) is 0 Å². The summed E-state index contributed by atoms with van der Waals surface area (Å²) in [6, 6.07) is 0. The third-order valence-electron chi connectivity index (χ3n) is 1.64. The van der Waals surface area contributed by atoms with Gasteiger partial charge < -0.3 is 9.84 Å². The number of ether oxygens (including phenoxy) is 1. The van der Waals surface area contributed by atoms with Gasteiger partial charge in [-0.1, -0.05) is 19.9 Å². The smallest absolute Gasteiger partial charge is 0.339 e. The van der Waals surface area contributed by atoms with Crippen LogP contribution in [0.3, 0.4) is 0 Å². The fraction of sp³-hybridized carbons (Fsp3) is 0.364. The first kappa shape index (κ1) is 14.1. The summed E-state index contributed by atoms with van der Waals surface area (Å²) in [6.07, 6.45) is 4.30. The molecular formula is C11H14O5. The Morgan fingerprint density at radius 1 is 1.19 bits per heavy atom. The molecule has 0 rings (SSSR count). The molecule has 0 fully saturated rings. The van der Waals surface area contributed by atoms with Crippen molar-refractivity contribution in [2.24, 2.45) is 0 Å². The van der Waals surface area contributed by atoms with Crippen LogP contribution < -0.4 is 0 Å². The van der Waals surface area contributed by atoms with E-state index in [-0.39, 0.29) is 12.0 Å². The van der Waals surface area contributed by atoms with Crippen molar-refractivity contribution < 1.29 is 24.2 Å². The minimum absolute atomic E-state index is 0.0997. The Morgan fingerprint density at radius 2 is 1.81 bits per heavy atom. The van der Waals surface area contributed by atoms with Crippen LogP contribution in [0.2, 0.25) is 0 Å². The van der Waals surface area contributed by atoms with Crippen molar-refractivity contribution in [3.8, 4) is 0 Å². The van der Waals surface area contributed by atoms with Crippen LogP contribution >= 0.6 is 0 Å². The number of carbonyl (C=O) groups is 3. The number of allylic oxidation sites excluding steroid dienone is 1. The molecule has 0 spiro atoms. The molecule has 0 unspecified atom stereocenters. The molecule has 5 nitrogen and oxygen atoms in total. The van der Waals surface area contributed by atoms with E-state index in [1.807, 2.05) is 6.92 Å². The van der Waals surface area contributed by atoms with Gasteiger partial charge >= 0.3 is 17.9 Å². The topological polar surface area (TPSA) is 80.7 Å². The van der Waals surface area contributed by atoms with Crippen molar-refractivity contribution in [2.45, 2.75) is 26.7 Å². The van der Waals surface area contributed by atoms with E-state index >= 15 is 0 Å². The molecule has 0 saturated heterocycles. The third-order valence-corrected chi connectivity index (χ3v) is 1.64. The summed E-state index contributed by atoms with van der Waals surface area (Å²) in [5.41, 5.74) is -0.0997. The van der Waals surface area contributed by atoms with Crippen LogP contribution in [0.15, 0.2) is 23.8 Å². The second-order valence-electron chi connectivity index (χ2n) is 2.88. The Labute approximate surface area is 93.4 Å². The standard InChI is InChI=1S/C11H14O5/c1-3-5-6-9(12)16-10(13)7-8(4-2)11(14)15/h5-7H,3-4H2,1-2H3,(H,14,15)/b6-5?,8-7-. The molecule has 0 aromatic carbocycles. The number of carboxylic acid groups (broad SMARTS) is 1. The van der Waals surface area contributed by atoms with Gasteiger partial charge in [0.05, 0.1) is 0 Å². The van der Waals surface area contributed by atoms with Crippen molar-refractivity contribution in [2.75, 3.05) is 0 Å². The van der Waals surface area contributed by atoms with Gasteiger partial charge in [-0.2, -0.15) is 0 Å². The Hall–Kier alpha value is -1.91. The molecule has 0 amide bonds. The Morgan fingerprint density at radius 3 is 2.25 bits per heavy atom. The second kappa shape index (κ2) is 7.39. The molecule has 0 aliphatic heterocycles. The lowest BCUT2D eigenvalue weighted by Crippen LogP contribution is -2.10. The molecule has 0 saturated carbocycles. The van der Waals surface area contributed by atoms with Gasteiger partial charge in [-0.05, 0) is 12.8 Å². The van der Waals surface area contributed by atoms with E-state index in [1.54, 1.807) is 6.92 Å². The predicted octanol–water partition coefficient (Wildman–Crippen LogP) is 1.44. The molecule has 0 aromatic rings. The van der Waals surface area contributed by atoms with Gasteiger partial charge in [0.15, 0.2) is 0 Å².